The summed E-state index contributed by atoms with van der Waals surface area (Å²) < 4.78 is 42.0. The normalized spacial score (nSPS) is 23.2. The molecule has 6 aromatic rings. The molecule has 10 amide bonds. The summed E-state index contributed by atoms with van der Waals surface area (Å²) in [5.41, 5.74) is 4.33. The van der Waals surface area contributed by atoms with Crippen LogP contribution in [0, 0.1) is 11.8 Å². The van der Waals surface area contributed by atoms with Crippen LogP contribution in [0.3, 0.4) is 0 Å². The van der Waals surface area contributed by atoms with E-state index in [0.717, 1.165) is 30.6 Å². The molecule has 3 fully saturated rings. The number of ether oxygens (including phenoxy) is 8. The number of Topliss-reactive ketones (excluding diaryl/α,β-unsaturated/α-hetero) is 2. The number of nitrogens with zero attached hydrogens (tertiary/aromatic N) is 4. The van der Waals surface area contributed by atoms with Crippen LogP contribution in [0.5, 0.6) is 34.5 Å². The highest BCUT2D eigenvalue weighted by atomic mass is 35.5. The molecule has 32 heteroatoms. The van der Waals surface area contributed by atoms with E-state index < -0.39 is 143 Å². The average Bonchev–Trinajstić information content (AvgIpc) is 1.11. The Morgan fingerprint density at radius 1 is 0.358 bits per heavy atom. The SMILES string of the molecule is CC(=O)OC1CCCO1.CCl.COc1ccc(C[C@H]2C(=O)N[C@@H](C)C(=O)N(C)[C@@H](Cc3ccccc3)C(=O)C[C@@H](Cc3ccc(OC)c(OC)c3)C(=O)N[C@H](C)C(=O)N[C@@H](C)C(=O)N2C)cc1.COc1ccc(C[C@H]2C(=O)N[C@@H](C)C(=O)N(C)[C@@H](Cc3ccccc3)C(=O)C[C@@H](Cc3ccc(OC)c(OC)c3)C(=O)N[C@H](C)C(=O)N[C@@H](C)C(=O)N2C)cc1. The standard InChI is InChI=1S/2C42H53N5O9.C6H10O3.CH3Cl/c2*1-25-38(49)44-26(2)42(53)47(5)34(22-29-14-17-32(54-6)18-15-29)40(51)45-27(3)41(52)46(4)33(21-28-12-10-9-11-13-28)35(48)24-31(39(50)43-25)20-30-16-19-36(55-7)37(23-30)56-8;1-5(7)9-6-3-2-4-8-6;1-2/h2*9-19,23,25-27,31,33-34H,20-22,24H2,1-8H3,(H,43,50)(H,44,49)(H,45,51);6H,2-4H2,1H3;1H3/t2*25-,26+,27+,31-,33+,34+;;/m11../s1. The minimum absolute atomic E-state index is 0.0819. The number of carbonyl (C=O) groups excluding carboxylic acids is 13. The van der Waals surface area contributed by atoms with Gasteiger partial charge in [-0.15, -0.1) is 11.6 Å². The minimum Gasteiger partial charge on any atom is -0.497 e. The van der Waals surface area contributed by atoms with Crippen molar-refractivity contribution in [3.8, 4) is 34.5 Å². The summed E-state index contributed by atoms with van der Waals surface area (Å²) in [6.07, 6.45) is 3.11. The number of amides is 10. The number of nitrogens with one attached hydrogen (secondary N) is 6. The van der Waals surface area contributed by atoms with Gasteiger partial charge in [-0.25, -0.2) is 0 Å². The number of hydrogen-bond donors (Lipinski definition) is 6. The molecular weight excluding hydrogens is 1600 g/mol. The fraction of sp³-hybridized carbons (Fsp3) is 0.462. The highest BCUT2D eigenvalue weighted by Gasteiger charge is 2.41. The fourth-order valence-electron chi connectivity index (χ4n) is 14.2. The van der Waals surface area contributed by atoms with Crippen molar-refractivity contribution < 1.29 is 100 Å². The summed E-state index contributed by atoms with van der Waals surface area (Å²) in [5, 5.41) is 16.3. The van der Waals surface area contributed by atoms with Gasteiger partial charge >= 0.3 is 5.97 Å². The maximum absolute atomic E-state index is 14.4. The van der Waals surface area contributed by atoms with Crippen molar-refractivity contribution in [3.63, 3.8) is 0 Å². The Labute approximate surface area is 724 Å². The first kappa shape index (κ1) is 99.7. The van der Waals surface area contributed by atoms with Gasteiger partial charge in [0, 0.05) is 85.4 Å². The largest absolute Gasteiger partial charge is 0.497 e. The van der Waals surface area contributed by atoms with Gasteiger partial charge in [0.15, 0.2) is 34.6 Å². The van der Waals surface area contributed by atoms with E-state index in [0.29, 0.717) is 56.8 Å². The lowest BCUT2D eigenvalue weighted by atomic mass is 9.88. The van der Waals surface area contributed by atoms with Crippen molar-refractivity contribution in [2.75, 3.05) is 83.8 Å². The zero-order valence-corrected chi connectivity index (χ0v) is 74.1. The van der Waals surface area contributed by atoms with Crippen LogP contribution in [0.2, 0.25) is 0 Å². The van der Waals surface area contributed by atoms with Crippen LogP contribution in [-0.2, 0) is 110 Å². The average molecular weight is 1720 g/mol. The van der Waals surface area contributed by atoms with E-state index in [1.807, 2.05) is 60.7 Å². The number of carbonyl (C=O) groups is 13. The van der Waals surface area contributed by atoms with E-state index in [9.17, 15) is 62.3 Å². The molecule has 6 N–H and O–H groups in total. The predicted molar refractivity (Wildman–Crippen MR) is 461 cm³/mol. The fourth-order valence-corrected chi connectivity index (χ4v) is 14.2. The third-order valence-corrected chi connectivity index (χ3v) is 21.4. The summed E-state index contributed by atoms with van der Waals surface area (Å²) in [6.45, 7) is 11.1. The third kappa shape index (κ3) is 29.3. The second kappa shape index (κ2) is 49.1. The maximum atomic E-state index is 14.4. The highest BCUT2D eigenvalue weighted by molar-refractivity contribution is 6.15. The molecule has 1 unspecified atom stereocenters. The first-order valence-electron chi connectivity index (χ1n) is 40.5. The molecule has 666 valence electrons. The number of ketones is 2. The molecule has 31 nitrogen and oxygen atoms in total. The molecule has 123 heavy (non-hydrogen) atoms. The molecule has 3 aliphatic heterocycles. The number of likely N-dealkylation sites (N-methyl/N-ethyl adjacent to an activating group) is 4. The lowest BCUT2D eigenvalue weighted by Crippen LogP contribution is -2.59. The van der Waals surface area contributed by atoms with Crippen molar-refractivity contribution in [2.24, 2.45) is 11.8 Å². The van der Waals surface area contributed by atoms with Gasteiger partial charge in [0.1, 0.15) is 59.8 Å². The van der Waals surface area contributed by atoms with Crippen molar-refractivity contribution in [3.05, 3.63) is 179 Å². The van der Waals surface area contributed by atoms with E-state index in [4.69, 9.17) is 37.9 Å². The monoisotopic (exact) mass is 1720 g/mol. The van der Waals surface area contributed by atoms with Crippen LogP contribution < -0.4 is 60.3 Å². The number of rotatable bonds is 19. The molecule has 3 heterocycles. The Bertz CT molecular complexity index is 4290. The van der Waals surface area contributed by atoms with Crippen molar-refractivity contribution >= 4 is 88.2 Å². The van der Waals surface area contributed by atoms with Crippen LogP contribution in [0.1, 0.15) is 108 Å². The Kier molecular flexibility index (Phi) is 39.8. The van der Waals surface area contributed by atoms with Crippen LogP contribution in [0.4, 0.5) is 0 Å². The summed E-state index contributed by atoms with van der Waals surface area (Å²) >= 11 is 4.64. The lowest BCUT2D eigenvalue weighted by Gasteiger charge is -2.33. The zero-order valence-electron chi connectivity index (χ0n) is 73.4. The van der Waals surface area contributed by atoms with E-state index >= 15 is 0 Å². The molecule has 6 aromatic carbocycles. The number of esters is 1. The third-order valence-electron chi connectivity index (χ3n) is 21.4. The van der Waals surface area contributed by atoms with Gasteiger partial charge < -0.3 is 89.4 Å². The Morgan fingerprint density at radius 3 is 0.951 bits per heavy atom. The van der Waals surface area contributed by atoms with Crippen molar-refractivity contribution in [1.29, 1.82) is 0 Å². The topological polar surface area (TPSA) is 381 Å². The van der Waals surface area contributed by atoms with Crippen LogP contribution in [-0.4, -0.2) is 247 Å². The number of halogens is 1. The van der Waals surface area contributed by atoms with Gasteiger partial charge in [0.2, 0.25) is 65.4 Å². The second-order valence-electron chi connectivity index (χ2n) is 30.3. The van der Waals surface area contributed by atoms with Crippen molar-refractivity contribution in [1.82, 2.24) is 51.5 Å². The molecular formula is C91H119ClN10O21. The van der Waals surface area contributed by atoms with Gasteiger partial charge in [0.25, 0.3) is 0 Å². The highest BCUT2D eigenvalue weighted by Crippen LogP contribution is 2.32. The van der Waals surface area contributed by atoms with Crippen molar-refractivity contribution in [2.45, 2.75) is 179 Å². The van der Waals surface area contributed by atoms with Crippen LogP contribution >= 0.6 is 11.6 Å². The predicted octanol–water partition coefficient (Wildman–Crippen LogP) is 6.54. The number of methoxy groups -OCH3 is 6. The summed E-state index contributed by atoms with van der Waals surface area (Å²) in [4.78, 5) is 183. The van der Waals surface area contributed by atoms with Gasteiger partial charge in [0.05, 0.1) is 61.3 Å². The first-order valence-corrected chi connectivity index (χ1v) is 41.2. The quantitative estimate of drug-likeness (QED) is 0.0370. The van der Waals surface area contributed by atoms with Gasteiger partial charge in [-0.05, 0) is 156 Å². The van der Waals surface area contributed by atoms with Gasteiger partial charge in [-0.1, -0.05) is 97.1 Å². The molecule has 0 aliphatic carbocycles. The van der Waals surface area contributed by atoms with Crippen LogP contribution in [0.15, 0.2) is 146 Å². The zero-order chi connectivity index (χ0) is 90.9. The summed E-state index contributed by atoms with van der Waals surface area (Å²) in [6, 6.07) is 31.9. The van der Waals surface area contributed by atoms with Gasteiger partial charge in [-0.3, -0.25) is 62.3 Å². The first-order chi connectivity index (χ1) is 58.6. The minimum atomic E-state index is -1.11. The van der Waals surface area contributed by atoms with Gasteiger partial charge in [-0.2, -0.15) is 0 Å². The number of alkyl halides is 1. The lowest BCUT2D eigenvalue weighted by molar-refractivity contribution is -0.167. The Morgan fingerprint density at radius 2 is 0.650 bits per heavy atom. The molecule has 3 saturated heterocycles. The van der Waals surface area contributed by atoms with E-state index in [-0.39, 0.29) is 63.6 Å². The summed E-state index contributed by atoms with van der Waals surface area (Å²) in [7, 11) is 15.0. The Hall–Kier alpha value is -12.1. The molecule has 0 saturated carbocycles. The molecule has 3 aliphatic rings. The maximum Gasteiger partial charge on any atom is 0.304 e. The van der Waals surface area contributed by atoms with E-state index in [1.54, 1.807) is 84.9 Å². The number of benzene rings is 6. The number of hydrogen-bond acceptors (Lipinski definition) is 21. The molecule has 9 rings (SSSR count). The van der Waals surface area contributed by atoms with E-state index in [1.165, 1.54) is 145 Å². The van der Waals surface area contributed by atoms with E-state index in [2.05, 4.69) is 43.5 Å². The molecule has 13 atom stereocenters. The molecule has 0 spiro atoms. The van der Waals surface area contributed by atoms with Crippen LogP contribution in [0.25, 0.3) is 0 Å². The molecule has 0 radical (unpaired) electrons. The Balaban J connectivity index is 0.000000338. The second-order valence-corrected chi connectivity index (χ2v) is 30.3. The molecule has 0 aromatic heterocycles. The summed E-state index contributed by atoms with van der Waals surface area (Å²) in [5.74, 6) is -5.77. The smallest absolute Gasteiger partial charge is 0.304 e. The molecule has 0 bridgehead atoms.